The number of furan rings is 1. The summed E-state index contributed by atoms with van der Waals surface area (Å²) in [7, 11) is 0. The second kappa shape index (κ2) is 5.37. The monoisotopic (exact) mass is 285 g/mol. The molecule has 0 amide bonds. The molecule has 1 saturated carbocycles. The molecule has 90 valence electrons. The Kier molecular flexibility index (Phi) is 4.09. The quantitative estimate of drug-likeness (QED) is 0.897. The largest absolute Gasteiger partial charge is 0.453 e. The van der Waals surface area contributed by atoms with Gasteiger partial charge in [-0.3, -0.25) is 0 Å². The molecule has 1 fully saturated rings. The summed E-state index contributed by atoms with van der Waals surface area (Å²) in [5.74, 6) is 1.88. The van der Waals surface area contributed by atoms with Crippen LogP contribution in [0.1, 0.15) is 51.3 Å². The minimum Gasteiger partial charge on any atom is -0.453 e. The average molecular weight is 286 g/mol. The molecular formula is C13H20BrNO. The topological polar surface area (TPSA) is 25.2 Å². The maximum atomic E-state index is 5.57. The van der Waals surface area contributed by atoms with E-state index in [0.29, 0.717) is 12.1 Å². The summed E-state index contributed by atoms with van der Waals surface area (Å²) in [6, 6.07) is 4.95. The molecule has 0 aliphatic heterocycles. The van der Waals surface area contributed by atoms with Crippen molar-refractivity contribution < 1.29 is 4.42 Å². The Bertz CT molecular complexity index is 336. The van der Waals surface area contributed by atoms with Gasteiger partial charge in [0.15, 0.2) is 4.67 Å². The zero-order valence-electron chi connectivity index (χ0n) is 10.0. The summed E-state index contributed by atoms with van der Waals surface area (Å²) in [5.41, 5.74) is 0. The summed E-state index contributed by atoms with van der Waals surface area (Å²) in [4.78, 5) is 0. The van der Waals surface area contributed by atoms with Crippen molar-refractivity contribution in [3.63, 3.8) is 0 Å². The van der Waals surface area contributed by atoms with Crippen LogP contribution in [0.2, 0.25) is 0 Å². The molecule has 1 N–H and O–H groups in total. The molecule has 1 aromatic heterocycles. The second-order valence-corrected chi connectivity index (χ2v) is 5.78. The highest BCUT2D eigenvalue weighted by Gasteiger charge is 2.21. The Balaban J connectivity index is 1.89. The van der Waals surface area contributed by atoms with Crippen molar-refractivity contribution in [2.75, 3.05) is 0 Å². The minimum absolute atomic E-state index is 0.307. The van der Waals surface area contributed by atoms with E-state index in [0.717, 1.165) is 16.3 Å². The van der Waals surface area contributed by atoms with Gasteiger partial charge in [-0.1, -0.05) is 19.8 Å². The fourth-order valence-corrected chi connectivity index (χ4v) is 2.90. The summed E-state index contributed by atoms with van der Waals surface area (Å²) < 4.78 is 6.38. The second-order valence-electron chi connectivity index (χ2n) is 5.00. The molecule has 1 heterocycles. The summed E-state index contributed by atoms with van der Waals surface area (Å²) >= 11 is 3.34. The first kappa shape index (κ1) is 12.2. The third-order valence-corrected chi connectivity index (χ3v) is 3.87. The van der Waals surface area contributed by atoms with E-state index in [9.17, 15) is 0 Å². The van der Waals surface area contributed by atoms with Crippen LogP contribution >= 0.6 is 15.9 Å². The van der Waals surface area contributed by atoms with E-state index in [-0.39, 0.29) is 0 Å². The molecule has 3 heteroatoms. The van der Waals surface area contributed by atoms with Crippen molar-refractivity contribution >= 4 is 15.9 Å². The smallest absolute Gasteiger partial charge is 0.169 e. The van der Waals surface area contributed by atoms with Gasteiger partial charge in [0.05, 0.1) is 6.04 Å². The minimum atomic E-state index is 0.307. The van der Waals surface area contributed by atoms with E-state index in [4.69, 9.17) is 4.42 Å². The molecule has 0 radical (unpaired) electrons. The van der Waals surface area contributed by atoms with Gasteiger partial charge >= 0.3 is 0 Å². The maximum Gasteiger partial charge on any atom is 0.169 e. The number of halogens is 1. The Morgan fingerprint density at radius 3 is 2.88 bits per heavy atom. The predicted octanol–water partition coefficient (Wildman–Crippen LogP) is 4.27. The molecule has 1 aromatic rings. The van der Waals surface area contributed by atoms with Crippen LogP contribution in [0.4, 0.5) is 0 Å². The van der Waals surface area contributed by atoms with Crippen molar-refractivity contribution in [3.8, 4) is 0 Å². The van der Waals surface area contributed by atoms with Gasteiger partial charge in [-0.2, -0.15) is 0 Å². The fraction of sp³-hybridized carbons (Fsp3) is 0.692. The van der Waals surface area contributed by atoms with Gasteiger partial charge in [0.1, 0.15) is 5.76 Å². The normalized spacial score (nSPS) is 27.9. The molecule has 0 bridgehead atoms. The van der Waals surface area contributed by atoms with Gasteiger partial charge < -0.3 is 9.73 Å². The third kappa shape index (κ3) is 3.11. The van der Waals surface area contributed by atoms with Crippen LogP contribution < -0.4 is 5.32 Å². The van der Waals surface area contributed by atoms with E-state index in [1.54, 1.807) is 0 Å². The van der Waals surface area contributed by atoms with Crippen LogP contribution in [-0.2, 0) is 0 Å². The van der Waals surface area contributed by atoms with Crippen molar-refractivity contribution in [1.82, 2.24) is 5.32 Å². The fourth-order valence-electron chi connectivity index (χ4n) is 2.58. The first-order valence-electron chi connectivity index (χ1n) is 6.16. The van der Waals surface area contributed by atoms with Crippen LogP contribution in [-0.4, -0.2) is 6.04 Å². The van der Waals surface area contributed by atoms with Gasteiger partial charge in [-0.05, 0) is 53.7 Å². The summed E-state index contributed by atoms with van der Waals surface area (Å²) in [5, 5.41) is 3.66. The molecule has 16 heavy (non-hydrogen) atoms. The van der Waals surface area contributed by atoms with Crippen molar-refractivity contribution in [3.05, 3.63) is 22.6 Å². The van der Waals surface area contributed by atoms with Gasteiger partial charge in [-0.25, -0.2) is 0 Å². The molecule has 3 unspecified atom stereocenters. The molecule has 1 aliphatic carbocycles. The van der Waals surface area contributed by atoms with Crippen molar-refractivity contribution in [2.24, 2.45) is 5.92 Å². The number of nitrogens with one attached hydrogen (secondary N) is 1. The molecular weight excluding hydrogens is 266 g/mol. The Morgan fingerprint density at radius 2 is 2.25 bits per heavy atom. The third-order valence-electron chi connectivity index (χ3n) is 3.44. The zero-order chi connectivity index (χ0) is 11.5. The van der Waals surface area contributed by atoms with Crippen LogP contribution in [0.3, 0.4) is 0 Å². The highest BCUT2D eigenvalue weighted by molar-refractivity contribution is 9.10. The highest BCUT2D eigenvalue weighted by atomic mass is 79.9. The first-order chi connectivity index (χ1) is 7.65. The van der Waals surface area contributed by atoms with Crippen molar-refractivity contribution in [1.29, 1.82) is 0 Å². The molecule has 1 aliphatic rings. The Labute approximate surface area is 106 Å². The van der Waals surface area contributed by atoms with E-state index in [2.05, 4.69) is 35.1 Å². The highest BCUT2D eigenvalue weighted by Crippen LogP contribution is 2.26. The summed E-state index contributed by atoms with van der Waals surface area (Å²) in [6.07, 6.45) is 5.34. The maximum absolute atomic E-state index is 5.57. The SMILES string of the molecule is CC1CCCC(NC(C)c2ccc(Br)o2)C1. The van der Waals surface area contributed by atoms with E-state index in [1.807, 2.05) is 12.1 Å². The van der Waals surface area contributed by atoms with E-state index >= 15 is 0 Å². The van der Waals surface area contributed by atoms with Gasteiger partial charge in [0.25, 0.3) is 0 Å². The van der Waals surface area contributed by atoms with Crippen LogP contribution in [0, 0.1) is 5.92 Å². The van der Waals surface area contributed by atoms with Gasteiger partial charge in [0.2, 0.25) is 0 Å². The molecule has 0 saturated heterocycles. The number of rotatable bonds is 3. The molecule has 2 rings (SSSR count). The van der Waals surface area contributed by atoms with Crippen LogP contribution in [0.25, 0.3) is 0 Å². The number of hydrogen-bond donors (Lipinski definition) is 1. The molecule has 3 atom stereocenters. The molecule has 0 aromatic carbocycles. The van der Waals surface area contributed by atoms with Crippen LogP contribution in [0.15, 0.2) is 21.2 Å². The standard InChI is InChI=1S/C13H20BrNO/c1-9-4-3-5-11(8-9)15-10(2)12-6-7-13(14)16-12/h6-7,9-11,15H,3-5,8H2,1-2H3. The lowest BCUT2D eigenvalue weighted by molar-refractivity contribution is 0.273. The number of hydrogen-bond acceptors (Lipinski definition) is 2. The van der Waals surface area contributed by atoms with Gasteiger partial charge in [-0.15, -0.1) is 0 Å². The van der Waals surface area contributed by atoms with E-state index in [1.165, 1.54) is 25.7 Å². The van der Waals surface area contributed by atoms with Gasteiger partial charge in [0, 0.05) is 6.04 Å². The lowest BCUT2D eigenvalue weighted by Gasteiger charge is -2.29. The molecule has 2 nitrogen and oxygen atoms in total. The van der Waals surface area contributed by atoms with Crippen LogP contribution in [0.5, 0.6) is 0 Å². The van der Waals surface area contributed by atoms with Crippen molar-refractivity contribution in [2.45, 2.75) is 51.6 Å². The predicted molar refractivity (Wildman–Crippen MR) is 69.4 cm³/mol. The van der Waals surface area contributed by atoms with E-state index < -0.39 is 0 Å². The lowest BCUT2D eigenvalue weighted by Crippen LogP contribution is -2.35. The zero-order valence-corrected chi connectivity index (χ0v) is 11.6. The average Bonchev–Trinajstić information content (AvgIpc) is 2.65. The Hall–Kier alpha value is -0.280. The Morgan fingerprint density at radius 1 is 1.44 bits per heavy atom. The molecule has 0 spiro atoms. The first-order valence-corrected chi connectivity index (χ1v) is 6.95. The lowest BCUT2D eigenvalue weighted by atomic mass is 9.87. The summed E-state index contributed by atoms with van der Waals surface area (Å²) in [6.45, 7) is 4.52.